The topological polar surface area (TPSA) is 66.4 Å². The second-order valence-electron chi connectivity index (χ2n) is 10.5. The minimum absolute atomic E-state index is 0.0247. The summed E-state index contributed by atoms with van der Waals surface area (Å²) in [5, 5.41) is 13.2. The first kappa shape index (κ1) is 32.5. The maximum absolute atomic E-state index is 13.2. The Morgan fingerprint density at radius 1 is 0.824 bits per heavy atom. The van der Waals surface area contributed by atoms with Crippen molar-refractivity contribution in [1.82, 2.24) is 0 Å². The average Bonchev–Trinajstić information content (AvgIpc) is 3.09. The molecular weight excluding hydrogens is 463 g/mol. The summed E-state index contributed by atoms with van der Waals surface area (Å²) in [6.07, 6.45) is 22.0. The Labute approximate surface area is 216 Å². The van der Waals surface area contributed by atoms with Gasteiger partial charge >= 0.3 is 7.60 Å². The van der Waals surface area contributed by atoms with Crippen LogP contribution in [0.1, 0.15) is 136 Å². The van der Waals surface area contributed by atoms with E-state index in [4.69, 9.17) is 4.52 Å². The van der Waals surface area contributed by atoms with Crippen LogP contribution in [-0.2, 0) is 14.2 Å². The number of thioether (sulfide) groups is 1. The summed E-state index contributed by atoms with van der Waals surface area (Å²) in [4.78, 5) is 10.1. The predicted octanol–water partition coefficient (Wildman–Crippen LogP) is 9.42. The van der Waals surface area contributed by atoms with E-state index in [1.807, 2.05) is 6.92 Å². The van der Waals surface area contributed by atoms with E-state index in [0.29, 0.717) is 12.3 Å². The van der Waals surface area contributed by atoms with Gasteiger partial charge in [0.15, 0.2) is 0 Å². The van der Waals surface area contributed by atoms with Crippen molar-refractivity contribution in [3.63, 3.8) is 0 Å². The highest BCUT2D eigenvalue weighted by atomic mass is 32.2. The molecule has 3 unspecified atom stereocenters. The van der Waals surface area contributed by atoms with Crippen LogP contribution in [0.2, 0.25) is 0 Å². The fourth-order valence-corrected chi connectivity index (χ4v) is 7.63. The average molecular weight is 520 g/mol. The molecule has 0 aromatic heterocycles. The molecule has 0 bridgehead atoms. The first-order valence-corrected chi connectivity index (χ1v) is 17.6. The van der Waals surface area contributed by atoms with Crippen molar-refractivity contribution in [3.05, 3.63) is 0 Å². The van der Waals surface area contributed by atoms with Crippen molar-refractivity contribution in [2.45, 2.75) is 142 Å². The lowest BCUT2D eigenvalue weighted by molar-refractivity contribution is 0.0151. The maximum Gasteiger partial charge on any atom is 0.330 e. The molecule has 0 heterocycles. The third-order valence-corrected chi connectivity index (χ3v) is 9.92. The number of rotatable bonds is 22. The van der Waals surface area contributed by atoms with E-state index in [1.165, 1.54) is 101 Å². The third kappa shape index (κ3) is 17.0. The lowest BCUT2D eigenvalue weighted by atomic mass is 9.79. The molecule has 1 N–H and O–H groups in total. The van der Waals surface area contributed by atoms with E-state index in [9.17, 15) is 14.6 Å². The van der Waals surface area contributed by atoms with Gasteiger partial charge in [0.05, 0.1) is 12.8 Å². The molecule has 1 fully saturated rings. The fourth-order valence-electron chi connectivity index (χ4n) is 5.31. The molecule has 3 atom stereocenters. The highest BCUT2D eigenvalue weighted by Gasteiger charge is 2.35. The molecule has 203 valence electrons. The number of hydrogen-bond donors (Lipinski definition) is 1. The Morgan fingerprint density at radius 3 is 1.97 bits per heavy atom. The second-order valence-corrected chi connectivity index (χ2v) is 13.7. The van der Waals surface area contributed by atoms with Gasteiger partial charge in [0.1, 0.15) is 6.10 Å². The van der Waals surface area contributed by atoms with Gasteiger partial charge in [-0.1, -0.05) is 110 Å². The standard InChI is InChI=1S/C28H56O4PS/c1-3-5-6-7-12-17-23-34-24-18-13-8-9-16-21-27(26-19-14-10-11-15-20-26)28(29)25-33(30,31)32-22-4-2/h26-28H,3-25H2,1-2H3,(H,30,31). The smallest absolute Gasteiger partial charge is 0.324 e. The van der Waals surface area contributed by atoms with E-state index in [2.05, 4.69) is 18.7 Å². The van der Waals surface area contributed by atoms with Crippen LogP contribution in [-0.4, -0.2) is 35.3 Å². The van der Waals surface area contributed by atoms with Crippen LogP contribution in [0.4, 0.5) is 0 Å². The summed E-state index contributed by atoms with van der Waals surface area (Å²) in [7, 11) is -3.77. The van der Waals surface area contributed by atoms with Crippen molar-refractivity contribution < 1.29 is 19.1 Å². The second kappa shape index (κ2) is 21.5. The van der Waals surface area contributed by atoms with Crippen LogP contribution in [0.25, 0.3) is 0 Å². The van der Waals surface area contributed by atoms with Crippen LogP contribution in [0.15, 0.2) is 0 Å². The maximum atomic E-state index is 13.2. The minimum Gasteiger partial charge on any atom is -0.324 e. The summed E-state index contributed by atoms with van der Waals surface area (Å²) < 4.78 is 17.5. The van der Waals surface area contributed by atoms with E-state index in [-0.39, 0.29) is 18.7 Å². The Morgan fingerprint density at radius 2 is 1.38 bits per heavy atom. The van der Waals surface area contributed by atoms with Crippen molar-refractivity contribution >= 4 is 19.4 Å². The van der Waals surface area contributed by atoms with Crippen LogP contribution in [0.3, 0.4) is 0 Å². The molecule has 0 aromatic rings. The first-order valence-electron chi connectivity index (χ1n) is 14.7. The Hall–Kier alpha value is 0.460. The molecule has 1 aliphatic rings. The fraction of sp³-hybridized carbons (Fsp3) is 1.00. The predicted molar refractivity (Wildman–Crippen MR) is 148 cm³/mol. The summed E-state index contributed by atoms with van der Waals surface area (Å²) in [6.45, 7) is 4.44. The van der Waals surface area contributed by atoms with E-state index in [0.717, 1.165) is 25.7 Å². The molecule has 0 aliphatic heterocycles. The molecule has 0 saturated heterocycles. The molecule has 1 aliphatic carbocycles. The van der Waals surface area contributed by atoms with Crippen LogP contribution < -0.4 is 0 Å². The van der Waals surface area contributed by atoms with E-state index < -0.39 is 13.7 Å². The lowest BCUT2D eigenvalue weighted by Gasteiger charge is -2.30. The number of hydrogen-bond acceptors (Lipinski definition) is 3. The zero-order chi connectivity index (χ0) is 24.9. The van der Waals surface area contributed by atoms with Gasteiger partial charge in [0, 0.05) is 0 Å². The quantitative estimate of drug-likeness (QED) is 0.0878. The molecular formula is C28H56O4PS. The van der Waals surface area contributed by atoms with Crippen molar-refractivity contribution in [2.24, 2.45) is 11.8 Å². The molecule has 1 radical (unpaired) electrons. The molecule has 0 aromatic carbocycles. The third-order valence-electron chi connectivity index (χ3n) is 7.36. The highest BCUT2D eigenvalue weighted by Crippen LogP contribution is 2.46. The van der Waals surface area contributed by atoms with Gasteiger partial charge in [-0.05, 0) is 49.0 Å². The molecule has 4 nitrogen and oxygen atoms in total. The van der Waals surface area contributed by atoms with E-state index in [1.54, 1.807) is 0 Å². The summed E-state index contributed by atoms with van der Waals surface area (Å²) >= 11 is 2.12. The molecule has 1 saturated carbocycles. The van der Waals surface area contributed by atoms with Crippen LogP contribution in [0.5, 0.6) is 0 Å². The summed E-state index contributed by atoms with van der Waals surface area (Å²) in [6, 6.07) is 0. The van der Waals surface area contributed by atoms with Gasteiger partial charge in [-0.15, -0.1) is 0 Å². The van der Waals surface area contributed by atoms with Gasteiger partial charge in [0.25, 0.3) is 0 Å². The van der Waals surface area contributed by atoms with Crippen LogP contribution in [0, 0.1) is 11.8 Å². The van der Waals surface area contributed by atoms with Gasteiger partial charge in [-0.25, -0.2) is 5.11 Å². The van der Waals surface area contributed by atoms with Crippen molar-refractivity contribution in [3.8, 4) is 0 Å². The van der Waals surface area contributed by atoms with Gasteiger partial charge < -0.3 is 9.42 Å². The van der Waals surface area contributed by atoms with Gasteiger partial charge in [-0.3, -0.25) is 4.57 Å². The monoisotopic (exact) mass is 519 g/mol. The Kier molecular flexibility index (Phi) is 20.6. The zero-order valence-corrected chi connectivity index (χ0v) is 24.2. The largest absolute Gasteiger partial charge is 0.330 e. The molecule has 1 rings (SSSR count). The minimum atomic E-state index is -3.77. The molecule has 6 heteroatoms. The first-order chi connectivity index (χ1) is 16.5. The lowest BCUT2D eigenvalue weighted by Crippen LogP contribution is -2.30. The van der Waals surface area contributed by atoms with Crippen molar-refractivity contribution in [1.29, 1.82) is 0 Å². The Balaban J connectivity index is 2.25. The molecule has 0 amide bonds. The zero-order valence-electron chi connectivity index (χ0n) is 22.5. The van der Waals surface area contributed by atoms with Gasteiger partial charge in [0.2, 0.25) is 0 Å². The highest BCUT2D eigenvalue weighted by molar-refractivity contribution is 7.99. The number of unbranched alkanes of at least 4 members (excludes halogenated alkanes) is 9. The van der Waals surface area contributed by atoms with Crippen molar-refractivity contribution in [2.75, 3.05) is 24.3 Å². The normalized spacial score (nSPS) is 18.9. The summed E-state index contributed by atoms with van der Waals surface area (Å²) in [5.74, 6) is 3.05. The van der Waals surface area contributed by atoms with Gasteiger partial charge in [-0.2, -0.15) is 11.8 Å². The molecule has 0 spiro atoms. The molecule has 34 heavy (non-hydrogen) atoms. The van der Waals surface area contributed by atoms with Crippen LogP contribution >= 0.6 is 19.4 Å². The SMILES string of the molecule is CCCCCCCCSCCCCCCCC(C([O])CP(=O)(O)OCCC)C1CCCCCC1. The Bertz CT molecular complexity index is 497. The summed E-state index contributed by atoms with van der Waals surface area (Å²) in [5.41, 5.74) is 0. The van der Waals surface area contributed by atoms with E-state index >= 15 is 0 Å².